The van der Waals surface area contributed by atoms with Crippen molar-refractivity contribution >= 4 is 22.6 Å². The first kappa shape index (κ1) is 17.0. The molecule has 1 amide bonds. The van der Waals surface area contributed by atoms with Crippen LogP contribution in [0.4, 0.5) is 5.82 Å². The predicted octanol–water partition coefficient (Wildman–Crippen LogP) is 2.59. The number of pyridine rings is 1. The highest BCUT2D eigenvalue weighted by Crippen LogP contribution is 2.17. The van der Waals surface area contributed by atoms with Crippen molar-refractivity contribution in [2.24, 2.45) is 0 Å². The molecule has 0 aliphatic rings. The monoisotopic (exact) mass is 338 g/mol. The molecule has 0 atom stereocenters. The fourth-order valence-corrected chi connectivity index (χ4v) is 2.70. The van der Waals surface area contributed by atoms with Gasteiger partial charge in [-0.05, 0) is 30.2 Å². The summed E-state index contributed by atoms with van der Waals surface area (Å²) < 4.78 is 4.99. The van der Waals surface area contributed by atoms with Gasteiger partial charge in [-0.15, -0.1) is 0 Å². The average molecular weight is 338 g/mol. The quantitative estimate of drug-likeness (QED) is 0.552. The van der Waals surface area contributed by atoms with Crippen LogP contribution < -0.4 is 10.6 Å². The van der Waals surface area contributed by atoms with Crippen molar-refractivity contribution < 1.29 is 9.53 Å². The Morgan fingerprint density at radius 3 is 3.00 bits per heavy atom. The van der Waals surface area contributed by atoms with Gasteiger partial charge in [-0.1, -0.05) is 18.2 Å². The van der Waals surface area contributed by atoms with Crippen LogP contribution in [0.3, 0.4) is 0 Å². The lowest BCUT2D eigenvalue weighted by Crippen LogP contribution is -2.25. The maximum Gasteiger partial charge on any atom is 0.251 e. The van der Waals surface area contributed by atoms with E-state index >= 15 is 0 Å². The van der Waals surface area contributed by atoms with Gasteiger partial charge in [0.15, 0.2) is 0 Å². The summed E-state index contributed by atoms with van der Waals surface area (Å²) in [6, 6.07) is 11.6. The molecule has 130 valence electrons. The summed E-state index contributed by atoms with van der Waals surface area (Å²) in [5.74, 6) is 0.568. The molecule has 0 bridgehead atoms. The minimum absolute atomic E-state index is 0.1000. The standard InChI is InChI=1S/C19H22N4O2/c1-25-11-10-21-18-12-14(6-8-20-18)19(24)22-9-7-15-13-23-17-5-3-2-4-16(15)17/h2-6,8,12-13,23H,7,9-11H2,1H3,(H,20,21)(H,22,24). The SMILES string of the molecule is COCCNc1cc(C(=O)NCCc2c[nH]c3ccccc23)ccn1. The number of ether oxygens (including phenoxy) is 1. The molecule has 0 unspecified atom stereocenters. The highest BCUT2D eigenvalue weighted by atomic mass is 16.5. The number of hydrogen-bond acceptors (Lipinski definition) is 4. The van der Waals surface area contributed by atoms with E-state index in [1.54, 1.807) is 25.4 Å². The molecule has 3 aromatic rings. The molecular formula is C19H22N4O2. The van der Waals surface area contributed by atoms with Crippen molar-refractivity contribution in [3.8, 4) is 0 Å². The number of hydrogen-bond donors (Lipinski definition) is 3. The highest BCUT2D eigenvalue weighted by molar-refractivity contribution is 5.94. The Morgan fingerprint density at radius 1 is 1.24 bits per heavy atom. The second-order valence-corrected chi connectivity index (χ2v) is 5.71. The van der Waals surface area contributed by atoms with E-state index in [4.69, 9.17) is 4.74 Å². The van der Waals surface area contributed by atoms with Crippen molar-refractivity contribution in [2.75, 3.05) is 32.1 Å². The summed E-state index contributed by atoms with van der Waals surface area (Å²) in [5.41, 5.74) is 2.91. The number of amides is 1. The molecule has 0 radical (unpaired) electrons. The number of nitrogens with zero attached hydrogens (tertiary/aromatic N) is 1. The molecule has 0 aliphatic carbocycles. The molecule has 1 aromatic carbocycles. The smallest absolute Gasteiger partial charge is 0.251 e. The van der Waals surface area contributed by atoms with Gasteiger partial charge in [-0.3, -0.25) is 4.79 Å². The molecule has 2 aromatic heterocycles. The first-order chi connectivity index (χ1) is 12.3. The molecule has 25 heavy (non-hydrogen) atoms. The fourth-order valence-electron chi connectivity index (χ4n) is 2.70. The van der Waals surface area contributed by atoms with Crippen molar-refractivity contribution in [3.05, 3.63) is 59.9 Å². The molecule has 0 aliphatic heterocycles. The lowest BCUT2D eigenvalue weighted by Gasteiger charge is -2.08. The van der Waals surface area contributed by atoms with E-state index in [1.165, 1.54) is 10.9 Å². The number of carbonyl (C=O) groups excluding carboxylic acids is 1. The largest absolute Gasteiger partial charge is 0.383 e. The summed E-state index contributed by atoms with van der Waals surface area (Å²) in [6.07, 6.45) is 4.41. The number of benzene rings is 1. The number of carbonyl (C=O) groups is 1. The van der Waals surface area contributed by atoms with Crippen LogP contribution >= 0.6 is 0 Å². The van der Waals surface area contributed by atoms with E-state index in [0.717, 1.165) is 11.9 Å². The van der Waals surface area contributed by atoms with E-state index in [1.807, 2.05) is 24.4 Å². The van der Waals surface area contributed by atoms with Crippen LogP contribution in [0.5, 0.6) is 0 Å². The van der Waals surface area contributed by atoms with Crippen LogP contribution in [-0.4, -0.2) is 42.7 Å². The van der Waals surface area contributed by atoms with E-state index < -0.39 is 0 Å². The van der Waals surface area contributed by atoms with Gasteiger partial charge in [0, 0.05) is 49.1 Å². The second kappa shape index (κ2) is 8.30. The minimum atomic E-state index is -0.1000. The zero-order chi connectivity index (χ0) is 17.5. The van der Waals surface area contributed by atoms with Crippen molar-refractivity contribution in [1.29, 1.82) is 0 Å². The lowest BCUT2D eigenvalue weighted by molar-refractivity contribution is 0.0954. The Labute approximate surface area is 146 Å². The van der Waals surface area contributed by atoms with Gasteiger partial charge >= 0.3 is 0 Å². The Morgan fingerprint density at radius 2 is 2.12 bits per heavy atom. The second-order valence-electron chi connectivity index (χ2n) is 5.71. The van der Waals surface area contributed by atoms with E-state index in [-0.39, 0.29) is 5.91 Å². The van der Waals surface area contributed by atoms with E-state index in [0.29, 0.717) is 31.1 Å². The lowest BCUT2D eigenvalue weighted by atomic mass is 10.1. The maximum absolute atomic E-state index is 12.3. The van der Waals surface area contributed by atoms with Crippen LogP contribution in [0.2, 0.25) is 0 Å². The topological polar surface area (TPSA) is 79.0 Å². The van der Waals surface area contributed by atoms with E-state index in [2.05, 4.69) is 26.7 Å². The number of anilines is 1. The van der Waals surface area contributed by atoms with Crippen LogP contribution in [0.15, 0.2) is 48.8 Å². The summed E-state index contributed by atoms with van der Waals surface area (Å²) in [7, 11) is 1.65. The maximum atomic E-state index is 12.3. The Hall–Kier alpha value is -2.86. The molecule has 2 heterocycles. The Balaban J connectivity index is 1.55. The van der Waals surface area contributed by atoms with Gasteiger partial charge < -0.3 is 20.4 Å². The Bertz CT molecular complexity index is 844. The Kier molecular flexibility index (Phi) is 5.64. The number of rotatable bonds is 8. The molecule has 6 nitrogen and oxygen atoms in total. The van der Waals surface area contributed by atoms with Gasteiger partial charge in [-0.25, -0.2) is 4.98 Å². The van der Waals surface area contributed by atoms with Gasteiger partial charge in [0.2, 0.25) is 0 Å². The predicted molar refractivity (Wildman–Crippen MR) is 98.9 cm³/mol. The van der Waals surface area contributed by atoms with Crippen LogP contribution in [-0.2, 0) is 11.2 Å². The van der Waals surface area contributed by atoms with Crippen LogP contribution in [0, 0.1) is 0 Å². The number of para-hydroxylation sites is 1. The number of fused-ring (bicyclic) bond motifs is 1. The third kappa shape index (κ3) is 4.36. The van der Waals surface area contributed by atoms with Gasteiger partial charge in [0.05, 0.1) is 6.61 Å². The third-order valence-electron chi connectivity index (χ3n) is 3.99. The van der Waals surface area contributed by atoms with E-state index in [9.17, 15) is 4.79 Å². The van der Waals surface area contributed by atoms with Crippen LogP contribution in [0.1, 0.15) is 15.9 Å². The zero-order valence-electron chi connectivity index (χ0n) is 14.2. The molecule has 0 saturated carbocycles. The van der Waals surface area contributed by atoms with Gasteiger partial charge in [0.1, 0.15) is 5.82 Å². The molecule has 3 rings (SSSR count). The van der Waals surface area contributed by atoms with Gasteiger partial charge in [-0.2, -0.15) is 0 Å². The van der Waals surface area contributed by atoms with Gasteiger partial charge in [0.25, 0.3) is 5.91 Å². The van der Waals surface area contributed by atoms with Crippen molar-refractivity contribution in [3.63, 3.8) is 0 Å². The summed E-state index contributed by atoms with van der Waals surface area (Å²) in [6.45, 7) is 1.81. The van der Waals surface area contributed by atoms with Crippen LogP contribution in [0.25, 0.3) is 10.9 Å². The minimum Gasteiger partial charge on any atom is -0.383 e. The number of nitrogens with one attached hydrogen (secondary N) is 3. The number of aromatic nitrogens is 2. The molecule has 0 saturated heterocycles. The number of H-pyrrole nitrogens is 1. The average Bonchev–Trinajstić information content (AvgIpc) is 3.05. The van der Waals surface area contributed by atoms with Crippen molar-refractivity contribution in [1.82, 2.24) is 15.3 Å². The first-order valence-corrected chi connectivity index (χ1v) is 8.30. The molecular weight excluding hydrogens is 316 g/mol. The first-order valence-electron chi connectivity index (χ1n) is 8.30. The van der Waals surface area contributed by atoms with Crippen molar-refractivity contribution in [2.45, 2.75) is 6.42 Å². The molecule has 0 fully saturated rings. The fraction of sp³-hybridized carbons (Fsp3) is 0.263. The highest BCUT2D eigenvalue weighted by Gasteiger charge is 2.08. The summed E-state index contributed by atoms with van der Waals surface area (Å²) >= 11 is 0. The molecule has 3 N–H and O–H groups in total. The molecule has 0 spiro atoms. The molecule has 6 heteroatoms. The summed E-state index contributed by atoms with van der Waals surface area (Å²) in [5, 5.41) is 7.28. The normalized spacial score (nSPS) is 10.8. The number of aromatic amines is 1. The third-order valence-corrected chi connectivity index (χ3v) is 3.99. The number of methoxy groups -OCH3 is 1. The summed E-state index contributed by atoms with van der Waals surface area (Å²) in [4.78, 5) is 19.8. The zero-order valence-corrected chi connectivity index (χ0v) is 14.2.